The summed E-state index contributed by atoms with van der Waals surface area (Å²) in [4.78, 5) is 26.4. The van der Waals surface area contributed by atoms with Gasteiger partial charge in [0, 0.05) is 10.4 Å². The molecule has 0 radical (unpaired) electrons. The zero-order valence-electron chi connectivity index (χ0n) is 19.2. The Balaban J connectivity index is 1.88. The molecule has 5 nitrogen and oxygen atoms in total. The highest BCUT2D eigenvalue weighted by Crippen LogP contribution is 2.41. The summed E-state index contributed by atoms with van der Waals surface area (Å²) in [7, 11) is 0. The lowest BCUT2D eigenvalue weighted by Crippen LogP contribution is -2.21. The molecule has 7 heteroatoms. The number of thiophene rings is 1. The number of benzene rings is 2. The number of hydrogen-bond donors (Lipinski definition) is 1. The molecule has 0 saturated heterocycles. The number of esters is 1. The van der Waals surface area contributed by atoms with Gasteiger partial charge in [0.25, 0.3) is 5.91 Å². The van der Waals surface area contributed by atoms with Gasteiger partial charge in [-0.25, -0.2) is 4.79 Å². The number of rotatable bonds is 9. The Hall–Kier alpha value is -2.83. The zero-order valence-corrected chi connectivity index (χ0v) is 20.8. The van der Waals surface area contributed by atoms with Crippen LogP contribution in [0.25, 0.3) is 11.1 Å². The van der Waals surface area contributed by atoms with E-state index >= 15 is 0 Å². The first kappa shape index (κ1) is 24.8. The monoisotopic (exact) mass is 485 g/mol. The van der Waals surface area contributed by atoms with Gasteiger partial charge < -0.3 is 14.8 Å². The molecule has 1 amide bonds. The number of halogens is 1. The predicted molar refractivity (Wildman–Crippen MR) is 135 cm³/mol. The van der Waals surface area contributed by atoms with Gasteiger partial charge in [-0.1, -0.05) is 61.8 Å². The van der Waals surface area contributed by atoms with Crippen LogP contribution < -0.4 is 10.1 Å². The number of ether oxygens (including phenoxy) is 2. The maximum atomic E-state index is 12.9. The summed E-state index contributed by atoms with van der Waals surface area (Å²) in [5.41, 5.74) is 3.29. The molecule has 0 spiro atoms. The lowest BCUT2D eigenvalue weighted by molar-refractivity contribution is -0.118. The predicted octanol–water partition coefficient (Wildman–Crippen LogP) is 7.08. The van der Waals surface area contributed by atoms with Crippen LogP contribution in [0.5, 0.6) is 5.75 Å². The first-order chi connectivity index (χ1) is 15.8. The van der Waals surface area contributed by atoms with Gasteiger partial charge in [-0.2, -0.15) is 0 Å². The molecule has 174 valence electrons. The Morgan fingerprint density at radius 2 is 1.79 bits per heavy atom. The topological polar surface area (TPSA) is 64.6 Å². The molecule has 2 aromatic carbocycles. The third-order valence-electron chi connectivity index (χ3n) is 5.39. The summed E-state index contributed by atoms with van der Waals surface area (Å²) < 4.78 is 10.8. The second-order valence-electron chi connectivity index (χ2n) is 7.66. The van der Waals surface area contributed by atoms with Crippen molar-refractivity contribution in [1.82, 2.24) is 0 Å². The summed E-state index contributed by atoms with van der Waals surface area (Å²) in [5, 5.41) is 3.69. The summed E-state index contributed by atoms with van der Waals surface area (Å²) in [6.45, 7) is 8.04. The van der Waals surface area contributed by atoms with Gasteiger partial charge in [-0.05, 0) is 49.4 Å². The number of aryl methyl sites for hydroxylation is 1. The van der Waals surface area contributed by atoms with Crippen molar-refractivity contribution in [3.63, 3.8) is 0 Å². The molecule has 33 heavy (non-hydrogen) atoms. The second kappa shape index (κ2) is 11.3. The highest BCUT2D eigenvalue weighted by Gasteiger charge is 2.25. The fraction of sp³-hybridized carbons (Fsp3) is 0.308. The smallest absolute Gasteiger partial charge is 0.341 e. The van der Waals surface area contributed by atoms with E-state index in [-0.39, 0.29) is 19.1 Å². The third kappa shape index (κ3) is 5.95. The van der Waals surface area contributed by atoms with E-state index in [0.29, 0.717) is 27.3 Å². The number of carbonyl (C=O) groups excluding carboxylic acids is 2. The van der Waals surface area contributed by atoms with Crippen molar-refractivity contribution in [3.8, 4) is 16.9 Å². The van der Waals surface area contributed by atoms with Gasteiger partial charge in [0.2, 0.25) is 0 Å². The average Bonchev–Trinajstić information content (AvgIpc) is 3.13. The molecule has 3 rings (SSSR count). The van der Waals surface area contributed by atoms with Crippen LogP contribution >= 0.6 is 22.9 Å². The van der Waals surface area contributed by atoms with Crippen molar-refractivity contribution in [1.29, 1.82) is 0 Å². The average molecular weight is 486 g/mol. The molecular weight excluding hydrogens is 458 g/mol. The maximum absolute atomic E-state index is 12.9. The van der Waals surface area contributed by atoms with E-state index in [2.05, 4.69) is 31.3 Å². The number of para-hydroxylation sites is 1. The number of anilines is 1. The zero-order chi connectivity index (χ0) is 24.0. The number of amides is 1. The minimum absolute atomic E-state index is 0.234. The van der Waals surface area contributed by atoms with Gasteiger partial charge >= 0.3 is 5.97 Å². The summed E-state index contributed by atoms with van der Waals surface area (Å²) in [5.74, 6) is 0.0232. The van der Waals surface area contributed by atoms with E-state index in [1.807, 2.05) is 19.1 Å². The van der Waals surface area contributed by atoms with Gasteiger partial charge in [-0.3, -0.25) is 4.79 Å². The highest BCUT2D eigenvalue weighted by atomic mass is 35.5. The van der Waals surface area contributed by atoms with Crippen molar-refractivity contribution in [2.75, 3.05) is 18.5 Å². The van der Waals surface area contributed by atoms with Crippen molar-refractivity contribution in [3.05, 3.63) is 69.6 Å². The third-order valence-corrected chi connectivity index (χ3v) is 6.73. The molecule has 0 aliphatic carbocycles. The lowest BCUT2D eigenvalue weighted by Gasteiger charge is -2.12. The standard InChI is InChI=1S/C26H28ClNO4S/c1-5-16(3)18-11-13-19(14-12-18)23-17(4)33-25(24(23)26(30)31-6-2)28-22(29)15-32-21-10-8-7-9-20(21)27/h7-14,16H,5-6,15H2,1-4H3,(H,28,29). The Bertz CT molecular complexity index is 1120. The van der Waals surface area contributed by atoms with Crippen LogP contribution in [0.3, 0.4) is 0 Å². The molecule has 1 atom stereocenters. The van der Waals surface area contributed by atoms with Crippen LogP contribution in [0.15, 0.2) is 48.5 Å². The normalized spacial score (nSPS) is 11.7. The second-order valence-corrected chi connectivity index (χ2v) is 9.29. The Morgan fingerprint density at radius 1 is 1.09 bits per heavy atom. The molecule has 0 saturated carbocycles. The van der Waals surface area contributed by atoms with Crippen LogP contribution in [0.1, 0.15) is 53.9 Å². The molecule has 3 aromatic rings. The van der Waals surface area contributed by atoms with Crippen LogP contribution in [-0.4, -0.2) is 25.1 Å². The first-order valence-electron chi connectivity index (χ1n) is 10.9. The van der Waals surface area contributed by atoms with E-state index in [1.54, 1.807) is 31.2 Å². The molecule has 1 unspecified atom stereocenters. The largest absolute Gasteiger partial charge is 0.482 e. The summed E-state index contributed by atoms with van der Waals surface area (Å²) in [6, 6.07) is 15.2. The van der Waals surface area contributed by atoms with Gasteiger partial charge in [-0.15, -0.1) is 11.3 Å². The Kier molecular flexibility index (Phi) is 8.53. The Labute approximate surface area is 203 Å². The lowest BCUT2D eigenvalue weighted by atomic mass is 9.94. The molecule has 1 aromatic heterocycles. The van der Waals surface area contributed by atoms with Crippen LogP contribution in [0.4, 0.5) is 5.00 Å². The molecule has 0 aliphatic heterocycles. The molecule has 1 heterocycles. The molecule has 1 N–H and O–H groups in total. The number of nitrogens with one attached hydrogen (secondary N) is 1. The number of carbonyl (C=O) groups is 2. The van der Waals surface area contributed by atoms with E-state index in [4.69, 9.17) is 21.1 Å². The van der Waals surface area contributed by atoms with Crippen molar-refractivity contribution in [2.45, 2.75) is 40.0 Å². The van der Waals surface area contributed by atoms with Crippen LogP contribution in [0, 0.1) is 6.92 Å². The number of hydrogen-bond acceptors (Lipinski definition) is 5. The van der Waals surface area contributed by atoms with E-state index in [0.717, 1.165) is 22.4 Å². The van der Waals surface area contributed by atoms with E-state index in [1.165, 1.54) is 16.9 Å². The fourth-order valence-corrected chi connectivity index (χ4v) is 4.73. The van der Waals surface area contributed by atoms with Gasteiger partial charge in [0.15, 0.2) is 6.61 Å². The van der Waals surface area contributed by atoms with Crippen molar-refractivity contribution < 1.29 is 19.1 Å². The molecular formula is C26H28ClNO4S. The van der Waals surface area contributed by atoms with E-state index < -0.39 is 5.97 Å². The SMILES string of the molecule is CCOC(=O)c1c(NC(=O)COc2ccccc2Cl)sc(C)c1-c1ccc(C(C)CC)cc1. The van der Waals surface area contributed by atoms with Crippen molar-refractivity contribution >= 4 is 39.8 Å². The molecule has 0 bridgehead atoms. The summed E-state index contributed by atoms with van der Waals surface area (Å²) >= 11 is 7.43. The highest BCUT2D eigenvalue weighted by molar-refractivity contribution is 7.17. The van der Waals surface area contributed by atoms with Crippen LogP contribution in [0.2, 0.25) is 5.02 Å². The summed E-state index contributed by atoms with van der Waals surface area (Å²) in [6.07, 6.45) is 1.05. The van der Waals surface area contributed by atoms with Gasteiger partial charge in [0.1, 0.15) is 16.3 Å². The Morgan fingerprint density at radius 3 is 2.42 bits per heavy atom. The van der Waals surface area contributed by atoms with Crippen LogP contribution in [-0.2, 0) is 9.53 Å². The van der Waals surface area contributed by atoms with Crippen molar-refractivity contribution in [2.24, 2.45) is 0 Å². The first-order valence-corrected chi connectivity index (χ1v) is 12.1. The molecule has 0 fully saturated rings. The fourth-order valence-electron chi connectivity index (χ4n) is 3.46. The minimum atomic E-state index is -0.467. The minimum Gasteiger partial charge on any atom is -0.482 e. The van der Waals surface area contributed by atoms with Gasteiger partial charge in [0.05, 0.1) is 11.6 Å². The maximum Gasteiger partial charge on any atom is 0.341 e. The molecule has 0 aliphatic rings. The quantitative estimate of drug-likeness (QED) is 0.329. The van der Waals surface area contributed by atoms with E-state index in [9.17, 15) is 9.59 Å².